The van der Waals surface area contributed by atoms with E-state index in [2.05, 4.69) is 20.9 Å². The molecule has 0 saturated heterocycles. The van der Waals surface area contributed by atoms with E-state index in [1.165, 1.54) is 6.07 Å². The van der Waals surface area contributed by atoms with E-state index < -0.39 is 0 Å². The summed E-state index contributed by atoms with van der Waals surface area (Å²) in [5.74, 6) is -0.0261. The molecule has 0 spiro atoms. The van der Waals surface area contributed by atoms with Crippen LogP contribution in [0.2, 0.25) is 5.02 Å². The van der Waals surface area contributed by atoms with E-state index in [9.17, 15) is 4.39 Å². The van der Waals surface area contributed by atoms with E-state index in [0.717, 1.165) is 5.69 Å². The summed E-state index contributed by atoms with van der Waals surface area (Å²) in [5.41, 5.74) is 7.93. The first kappa shape index (κ1) is 14.1. The first-order valence-corrected chi connectivity index (χ1v) is 7.81. The lowest BCUT2D eigenvalue weighted by atomic mass is 10.2. The lowest BCUT2D eigenvalue weighted by Gasteiger charge is -2.10. The van der Waals surface area contributed by atoms with Crippen molar-refractivity contribution in [1.82, 2.24) is 9.55 Å². The Bertz CT molecular complexity index is 834. The van der Waals surface area contributed by atoms with Crippen molar-refractivity contribution in [2.24, 2.45) is 0 Å². The van der Waals surface area contributed by atoms with Gasteiger partial charge in [-0.15, -0.1) is 0 Å². The molecule has 2 aromatic carbocycles. The minimum absolute atomic E-state index is 0.282. The van der Waals surface area contributed by atoms with Crippen LogP contribution in [0.1, 0.15) is 0 Å². The third-order valence-corrected chi connectivity index (χ3v) is 5.10. The van der Waals surface area contributed by atoms with Crippen LogP contribution in [0.3, 0.4) is 0 Å². The van der Waals surface area contributed by atoms with Crippen molar-refractivity contribution in [1.29, 1.82) is 0 Å². The van der Waals surface area contributed by atoms with Gasteiger partial charge < -0.3 is 5.73 Å². The largest absolute Gasteiger partial charge is 0.369 e. The first-order valence-electron chi connectivity index (χ1n) is 5.56. The van der Waals surface area contributed by atoms with E-state index in [1.54, 1.807) is 22.8 Å². The highest BCUT2D eigenvalue weighted by Gasteiger charge is 2.15. The molecule has 7 heteroatoms. The van der Waals surface area contributed by atoms with Crippen molar-refractivity contribution in [2.45, 2.75) is 0 Å². The molecule has 0 aliphatic carbocycles. The average Bonchev–Trinajstić information content (AvgIpc) is 2.69. The molecule has 0 atom stereocenters. The maximum absolute atomic E-state index is 13.8. The normalized spacial score (nSPS) is 11.2. The topological polar surface area (TPSA) is 43.8 Å². The zero-order valence-electron chi connectivity index (χ0n) is 9.87. The number of imidazole rings is 1. The van der Waals surface area contributed by atoms with Crippen molar-refractivity contribution in [3.05, 3.63) is 49.2 Å². The Labute approximate surface area is 141 Å². The second kappa shape index (κ2) is 5.16. The van der Waals surface area contributed by atoms with E-state index in [-0.39, 0.29) is 11.8 Å². The van der Waals surface area contributed by atoms with Crippen molar-refractivity contribution in [2.75, 3.05) is 5.73 Å². The first-order chi connectivity index (χ1) is 9.49. The van der Waals surface area contributed by atoms with Crippen molar-refractivity contribution in [3.63, 3.8) is 0 Å². The van der Waals surface area contributed by atoms with E-state index >= 15 is 0 Å². The molecule has 2 N–H and O–H groups in total. The van der Waals surface area contributed by atoms with Gasteiger partial charge in [0.2, 0.25) is 5.95 Å². The maximum atomic E-state index is 13.8. The van der Waals surface area contributed by atoms with Crippen LogP contribution in [0.15, 0.2) is 34.8 Å². The fourth-order valence-corrected chi connectivity index (χ4v) is 3.07. The second-order valence-corrected chi connectivity index (χ2v) is 6.50. The number of fused-ring (bicyclic) bond motifs is 1. The Morgan fingerprint density at radius 3 is 2.85 bits per heavy atom. The summed E-state index contributed by atoms with van der Waals surface area (Å²) in [7, 11) is 0. The van der Waals surface area contributed by atoms with Crippen LogP contribution < -0.4 is 5.73 Å². The molecule has 1 aromatic heterocycles. The number of rotatable bonds is 1. The van der Waals surface area contributed by atoms with Crippen LogP contribution in [0, 0.1) is 9.39 Å². The van der Waals surface area contributed by atoms with E-state index in [4.69, 9.17) is 17.3 Å². The summed E-state index contributed by atoms with van der Waals surface area (Å²) in [5, 5.41) is 0.551. The zero-order chi connectivity index (χ0) is 14.4. The molecule has 3 nitrogen and oxygen atoms in total. The standard InChI is InChI=1S/C13H7BrClFIN3/c14-12-6(15)2-1-3-10(12)20-11-4-7(16)8(17)5-9(11)19-13(20)18/h1-5H,(H2,18,19). The summed E-state index contributed by atoms with van der Waals surface area (Å²) in [6.45, 7) is 0. The quantitative estimate of drug-likeness (QED) is 0.526. The predicted octanol–water partition coefficient (Wildman–Crippen LogP) is 4.77. The monoisotopic (exact) mass is 465 g/mol. The van der Waals surface area contributed by atoms with Gasteiger partial charge in [-0.1, -0.05) is 17.7 Å². The third-order valence-electron chi connectivity index (χ3n) is 2.89. The molecule has 1 heterocycles. The summed E-state index contributed by atoms with van der Waals surface area (Å²) in [6, 6.07) is 8.48. The molecule has 0 aliphatic heterocycles. The molecule has 3 aromatic rings. The highest BCUT2D eigenvalue weighted by atomic mass is 127. The van der Waals surface area contributed by atoms with Crippen LogP contribution in [-0.2, 0) is 0 Å². The van der Waals surface area contributed by atoms with Gasteiger partial charge in [-0.25, -0.2) is 9.37 Å². The van der Waals surface area contributed by atoms with Gasteiger partial charge in [0.1, 0.15) is 5.82 Å². The molecule has 0 radical (unpaired) electrons. The molecule has 102 valence electrons. The summed E-state index contributed by atoms with van der Waals surface area (Å²) in [4.78, 5) is 4.27. The minimum Gasteiger partial charge on any atom is -0.369 e. The van der Waals surface area contributed by atoms with Crippen molar-refractivity contribution < 1.29 is 4.39 Å². The average molecular weight is 466 g/mol. The number of hydrogen-bond acceptors (Lipinski definition) is 2. The molecule has 0 unspecified atom stereocenters. The van der Waals surface area contributed by atoms with Crippen LogP contribution in [0.5, 0.6) is 0 Å². The SMILES string of the molecule is Nc1nc2cc(I)c(F)cc2n1-c1cccc(Cl)c1Br. The van der Waals surface area contributed by atoms with Gasteiger partial charge in [0, 0.05) is 6.07 Å². The van der Waals surface area contributed by atoms with Gasteiger partial charge in [-0.05, 0) is 56.7 Å². The predicted molar refractivity (Wildman–Crippen MR) is 90.9 cm³/mol. The van der Waals surface area contributed by atoms with Gasteiger partial charge in [0.25, 0.3) is 0 Å². The van der Waals surface area contributed by atoms with Gasteiger partial charge in [0.05, 0.1) is 29.8 Å². The second-order valence-electron chi connectivity index (χ2n) is 4.13. The van der Waals surface area contributed by atoms with Crippen molar-refractivity contribution >= 4 is 67.1 Å². The van der Waals surface area contributed by atoms with Gasteiger partial charge in [0.15, 0.2) is 0 Å². The Kier molecular flexibility index (Phi) is 3.64. The highest BCUT2D eigenvalue weighted by Crippen LogP contribution is 2.33. The van der Waals surface area contributed by atoms with E-state index in [0.29, 0.717) is 24.1 Å². The smallest absolute Gasteiger partial charge is 0.205 e. The minimum atomic E-state index is -0.308. The molecular weight excluding hydrogens is 459 g/mol. The number of nitrogens with zero attached hydrogens (tertiary/aromatic N) is 2. The highest BCUT2D eigenvalue weighted by molar-refractivity contribution is 14.1. The Morgan fingerprint density at radius 2 is 2.10 bits per heavy atom. The molecule has 0 amide bonds. The van der Waals surface area contributed by atoms with Crippen LogP contribution in [0.25, 0.3) is 16.7 Å². The molecule has 0 aliphatic rings. The molecule has 3 rings (SSSR count). The zero-order valence-corrected chi connectivity index (χ0v) is 14.4. The number of halogens is 4. The lowest BCUT2D eigenvalue weighted by Crippen LogP contribution is -2.01. The lowest BCUT2D eigenvalue weighted by molar-refractivity contribution is 0.622. The molecule has 0 saturated carbocycles. The number of anilines is 1. The summed E-state index contributed by atoms with van der Waals surface area (Å²) in [6.07, 6.45) is 0. The molecule has 0 bridgehead atoms. The fraction of sp³-hybridized carbons (Fsp3) is 0. The molecule has 0 fully saturated rings. The summed E-state index contributed by atoms with van der Waals surface area (Å²) < 4.78 is 16.7. The Hall–Kier alpha value is -0.860. The summed E-state index contributed by atoms with van der Waals surface area (Å²) >= 11 is 11.4. The van der Waals surface area contributed by atoms with Crippen LogP contribution in [-0.4, -0.2) is 9.55 Å². The van der Waals surface area contributed by atoms with Crippen LogP contribution in [0.4, 0.5) is 10.3 Å². The fourth-order valence-electron chi connectivity index (χ4n) is 2.01. The number of nitrogens with two attached hydrogens (primary N) is 1. The van der Waals surface area contributed by atoms with Gasteiger partial charge in [-0.2, -0.15) is 0 Å². The molecular formula is C13H7BrClFIN3. The van der Waals surface area contributed by atoms with E-state index in [1.807, 2.05) is 28.7 Å². The number of aromatic nitrogens is 2. The number of hydrogen-bond donors (Lipinski definition) is 1. The third kappa shape index (κ3) is 2.19. The number of benzene rings is 2. The van der Waals surface area contributed by atoms with Crippen molar-refractivity contribution in [3.8, 4) is 5.69 Å². The van der Waals surface area contributed by atoms with Gasteiger partial charge >= 0.3 is 0 Å². The molecule has 20 heavy (non-hydrogen) atoms. The Morgan fingerprint density at radius 1 is 1.35 bits per heavy atom. The van der Waals surface area contributed by atoms with Gasteiger partial charge in [-0.3, -0.25) is 4.57 Å². The maximum Gasteiger partial charge on any atom is 0.205 e. The number of nitrogen functional groups attached to an aromatic ring is 1. The van der Waals surface area contributed by atoms with Crippen LogP contribution >= 0.6 is 50.1 Å². The Balaban J connectivity index is 2.39.